The molecule has 8 heteroatoms. The van der Waals surface area contributed by atoms with E-state index >= 15 is 0 Å². The number of hydrogen-bond donors (Lipinski definition) is 1. The fourth-order valence-electron chi connectivity index (χ4n) is 4.14. The molecule has 2 aromatic carbocycles. The summed E-state index contributed by atoms with van der Waals surface area (Å²) < 4.78 is 16.9. The van der Waals surface area contributed by atoms with Gasteiger partial charge in [0.15, 0.2) is 5.82 Å². The van der Waals surface area contributed by atoms with Gasteiger partial charge in [0.25, 0.3) is 0 Å². The number of carbonyl (C=O) groups is 2. The molecule has 0 aliphatic carbocycles. The summed E-state index contributed by atoms with van der Waals surface area (Å²) in [6.07, 6.45) is 0.188. The molecule has 6 nitrogen and oxygen atoms in total. The molecule has 3 aromatic rings. The van der Waals surface area contributed by atoms with Crippen LogP contribution in [0.4, 0.5) is 4.39 Å². The van der Waals surface area contributed by atoms with Gasteiger partial charge in [0.2, 0.25) is 5.78 Å². The zero-order valence-corrected chi connectivity index (χ0v) is 19.3. The van der Waals surface area contributed by atoms with Gasteiger partial charge in [-0.25, -0.2) is 9.37 Å². The maximum absolute atomic E-state index is 14.6. The third kappa shape index (κ3) is 4.25. The highest BCUT2D eigenvalue weighted by Crippen LogP contribution is 2.29. The summed E-state index contributed by atoms with van der Waals surface area (Å²) in [5.74, 6) is -1.96. The number of aliphatic carboxylic acids is 1. The quantitative estimate of drug-likeness (QED) is 0.512. The Kier molecular flexibility index (Phi) is 6.26. The van der Waals surface area contributed by atoms with Gasteiger partial charge in [-0.3, -0.25) is 14.5 Å². The van der Waals surface area contributed by atoms with E-state index in [0.717, 1.165) is 11.3 Å². The van der Waals surface area contributed by atoms with E-state index in [9.17, 15) is 19.1 Å². The van der Waals surface area contributed by atoms with Gasteiger partial charge in [-0.15, -0.1) is 0 Å². The SMILES string of the molecule is CC(C)N1Cc2c(nc(C(=O)c3ccc(Br)cc3F)n2Cc2ccccc2)C[C@H]1C(=O)O. The maximum Gasteiger partial charge on any atom is 0.321 e. The molecule has 2 heterocycles. The van der Waals surface area contributed by atoms with Crippen LogP contribution < -0.4 is 0 Å². The topological polar surface area (TPSA) is 75.4 Å². The Hall–Kier alpha value is -2.84. The number of hydrogen-bond acceptors (Lipinski definition) is 4. The zero-order chi connectivity index (χ0) is 23.0. The Labute approximate surface area is 193 Å². The molecule has 0 saturated carbocycles. The molecule has 0 bridgehead atoms. The van der Waals surface area contributed by atoms with Gasteiger partial charge in [-0.2, -0.15) is 0 Å². The standard InChI is InChI=1S/C24H23BrFN3O3/c1-14(2)28-13-21-19(11-20(28)24(31)32)27-23(29(21)12-15-6-4-3-5-7-15)22(30)17-9-8-16(25)10-18(17)26/h3-10,14,20H,11-13H2,1-2H3,(H,31,32)/t20-/m0/s1. The smallest absolute Gasteiger partial charge is 0.321 e. The number of halogens is 2. The molecule has 0 unspecified atom stereocenters. The van der Waals surface area contributed by atoms with Crippen molar-refractivity contribution in [2.75, 3.05) is 0 Å². The Bertz CT molecular complexity index is 1180. The van der Waals surface area contributed by atoms with Crippen LogP contribution in [0.3, 0.4) is 0 Å². The lowest BCUT2D eigenvalue weighted by Gasteiger charge is -2.36. The van der Waals surface area contributed by atoms with Crippen molar-refractivity contribution in [1.29, 1.82) is 0 Å². The lowest BCUT2D eigenvalue weighted by molar-refractivity contribution is -0.144. The minimum Gasteiger partial charge on any atom is -0.480 e. The monoisotopic (exact) mass is 499 g/mol. The molecule has 0 radical (unpaired) electrons. The summed E-state index contributed by atoms with van der Waals surface area (Å²) in [4.78, 5) is 31.7. The normalized spacial score (nSPS) is 16.2. The van der Waals surface area contributed by atoms with E-state index in [0.29, 0.717) is 23.3 Å². The van der Waals surface area contributed by atoms with Crippen molar-refractivity contribution in [2.24, 2.45) is 0 Å². The average molecular weight is 500 g/mol. The average Bonchev–Trinajstić information content (AvgIpc) is 3.10. The molecule has 1 aromatic heterocycles. The van der Waals surface area contributed by atoms with E-state index in [4.69, 9.17) is 0 Å². The number of aromatic nitrogens is 2. The highest BCUT2D eigenvalue weighted by molar-refractivity contribution is 9.10. The van der Waals surface area contributed by atoms with E-state index in [-0.39, 0.29) is 23.9 Å². The Morgan fingerprint density at radius 2 is 1.94 bits per heavy atom. The van der Waals surface area contributed by atoms with Crippen molar-refractivity contribution in [3.8, 4) is 0 Å². The molecule has 166 valence electrons. The van der Waals surface area contributed by atoms with Gasteiger partial charge in [-0.1, -0.05) is 46.3 Å². The highest BCUT2D eigenvalue weighted by atomic mass is 79.9. The molecule has 0 fully saturated rings. The summed E-state index contributed by atoms with van der Waals surface area (Å²) >= 11 is 3.21. The van der Waals surface area contributed by atoms with Crippen LogP contribution in [0.5, 0.6) is 0 Å². The maximum atomic E-state index is 14.6. The number of carboxylic acid groups (broad SMARTS) is 1. The van der Waals surface area contributed by atoms with E-state index in [1.54, 1.807) is 6.07 Å². The molecule has 1 aliphatic rings. The van der Waals surface area contributed by atoms with Crippen molar-refractivity contribution in [2.45, 2.75) is 45.4 Å². The largest absolute Gasteiger partial charge is 0.480 e. The molecule has 0 amide bonds. The first-order valence-electron chi connectivity index (χ1n) is 10.4. The van der Waals surface area contributed by atoms with Crippen molar-refractivity contribution in [3.05, 3.63) is 87.2 Å². The first-order valence-corrected chi connectivity index (χ1v) is 11.2. The van der Waals surface area contributed by atoms with Crippen LogP contribution in [0.15, 0.2) is 53.0 Å². The van der Waals surface area contributed by atoms with Gasteiger partial charge in [0, 0.05) is 30.0 Å². The van der Waals surface area contributed by atoms with Crippen LogP contribution >= 0.6 is 15.9 Å². The molecular formula is C24H23BrFN3O3. The molecule has 0 spiro atoms. The number of benzene rings is 2. The molecule has 4 rings (SSSR count). The summed E-state index contributed by atoms with van der Waals surface area (Å²) in [5.41, 5.74) is 2.27. The number of fused-ring (bicyclic) bond motifs is 1. The summed E-state index contributed by atoms with van der Waals surface area (Å²) in [6, 6.07) is 13.2. The van der Waals surface area contributed by atoms with Gasteiger partial charge in [0.1, 0.15) is 11.9 Å². The van der Waals surface area contributed by atoms with Crippen LogP contribution in [0.1, 0.15) is 47.0 Å². The van der Waals surface area contributed by atoms with E-state index in [1.807, 2.05) is 53.6 Å². The van der Waals surface area contributed by atoms with Crippen LogP contribution in [-0.2, 0) is 24.3 Å². The van der Waals surface area contributed by atoms with Crippen molar-refractivity contribution < 1.29 is 19.1 Å². The van der Waals surface area contributed by atoms with E-state index in [1.165, 1.54) is 12.1 Å². The van der Waals surface area contributed by atoms with Crippen LogP contribution in [0.25, 0.3) is 0 Å². The molecule has 32 heavy (non-hydrogen) atoms. The Balaban J connectivity index is 1.84. The highest BCUT2D eigenvalue weighted by Gasteiger charge is 2.37. The number of imidazole rings is 1. The van der Waals surface area contributed by atoms with Gasteiger partial charge >= 0.3 is 5.97 Å². The minimum absolute atomic E-state index is 0.00704. The van der Waals surface area contributed by atoms with E-state index < -0.39 is 23.6 Å². The molecule has 1 N–H and O–H groups in total. The number of rotatable bonds is 6. The second-order valence-electron chi connectivity index (χ2n) is 8.18. The van der Waals surface area contributed by atoms with E-state index in [2.05, 4.69) is 20.9 Å². The molecule has 1 aliphatic heterocycles. The fourth-order valence-corrected chi connectivity index (χ4v) is 4.47. The summed E-state index contributed by atoms with van der Waals surface area (Å²) in [6.45, 7) is 4.62. The van der Waals surface area contributed by atoms with Crippen molar-refractivity contribution in [1.82, 2.24) is 14.5 Å². The van der Waals surface area contributed by atoms with Crippen LogP contribution in [0, 0.1) is 5.82 Å². The van der Waals surface area contributed by atoms with Crippen LogP contribution in [-0.4, -0.2) is 43.4 Å². The number of carboxylic acids is 1. The first kappa shape index (κ1) is 22.4. The Morgan fingerprint density at radius 1 is 1.22 bits per heavy atom. The third-order valence-electron chi connectivity index (χ3n) is 5.79. The lowest BCUT2D eigenvalue weighted by atomic mass is 10.0. The third-order valence-corrected chi connectivity index (χ3v) is 6.28. The fraction of sp³-hybridized carbons (Fsp3) is 0.292. The van der Waals surface area contributed by atoms with Gasteiger partial charge in [0.05, 0.1) is 17.0 Å². The van der Waals surface area contributed by atoms with Gasteiger partial charge < -0.3 is 9.67 Å². The zero-order valence-electron chi connectivity index (χ0n) is 17.8. The predicted octanol–water partition coefficient (Wildman–Crippen LogP) is 4.28. The number of carbonyl (C=O) groups excluding carboxylic acids is 1. The first-order chi connectivity index (χ1) is 15.3. The lowest BCUT2D eigenvalue weighted by Crippen LogP contribution is -2.49. The summed E-state index contributed by atoms with van der Waals surface area (Å²) in [5, 5.41) is 9.75. The second kappa shape index (κ2) is 8.96. The predicted molar refractivity (Wildman–Crippen MR) is 121 cm³/mol. The second-order valence-corrected chi connectivity index (χ2v) is 9.09. The molecule has 0 saturated heterocycles. The minimum atomic E-state index is -0.922. The number of ketones is 1. The Morgan fingerprint density at radius 3 is 2.56 bits per heavy atom. The van der Waals surface area contributed by atoms with Crippen LogP contribution in [0.2, 0.25) is 0 Å². The molecular weight excluding hydrogens is 477 g/mol. The summed E-state index contributed by atoms with van der Waals surface area (Å²) in [7, 11) is 0. The van der Waals surface area contributed by atoms with Crippen molar-refractivity contribution in [3.63, 3.8) is 0 Å². The molecule has 1 atom stereocenters. The van der Waals surface area contributed by atoms with Gasteiger partial charge in [-0.05, 0) is 37.6 Å². The van der Waals surface area contributed by atoms with Crippen molar-refractivity contribution >= 4 is 27.7 Å². The number of nitrogens with zero attached hydrogens (tertiary/aromatic N) is 3.